The first-order valence-electron chi connectivity index (χ1n) is 8.76. The number of methoxy groups -OCH3 is 1. The number of aryl methyl sites for hydroxylation is 1. The van der Waals surface area contributed by atoms with Crippen LogP contribution in [0.5, 0.6) is 5.75 Å². The number of nitrogens with one attached hydrogen (secondary N) is 1. The lowest BCUT2D eigenvalue weighted by Crippen LogP contribution is -2.47. The summed E-state index contributed by atoms with van der Waals surface area (Å²) in [5.41, 5.74) is 2.21. The summed E-state index contributed by atoms with van der Waals surface area (Å²) < 4.78 is 10.6. The van der Waals surface area contributed by atoms with Crippen LogP contribution in [0.2, 0.25) is 0 Å². The van der Waals surface area contributed by atoms with Crippen molar-refractivity contribution in [3.8, 4) is 5.75 Å². The Morgan fingerprint density at radius 1 is 1.24 bits per heavy atom. The highest BCUT2D eigenvalue weighted by Gasteiger charge is 2.24. The number of carbonyl (C=O) groups excluding carboxylic acids is 2. The molecule has 1 aromatic rings. The van der Waals surface area contributed by atoms with Crippen molar-refractivity contribution in [2.24, 2.45) is 0 Å². The van der Waals surface area contributed by atoms with E-state index in [-0.39, 0.29) is 24.5 Å². The van der Waals surface area contributed by atoms with Gasteiger partial charge in [0.1, 0.15) is 5.75 Å². The molecule has 2 amide bonds. The van der Waals surface area contributed by atoms with Crippen LogP contribution in [-0.4, -0.2) is 56.2 Å². The zero-order chi connectivity index (χ0) is 18.2. The highest BCUT2D eigenvalue weighted by molar-refractivity contribution is 5.78. The molecular formula is C19H28N2O4. The van der Waals surface area contributed by atoms with Gasteiger partial charge in [-0.1, -0.05) is 12.1 Å². The van der Waals surface area contributed by atoms with E-state index >= 15 is 0 Å². The number of likely N-dealkylation sites (tertiary alicyclic amines) is 1. The Kier molecular flexibility index (Phi) is 7.25. The van der Waals surface area contributed by atoms with Gasteiger partial charge in [0, 0.05) is 32.7 Å². The summed E-state index contributed by atoms with van der Waals surface area (Å²) in [6.45, 7) is 5.78. The third kappa shape index (κ3) is 5.74. The van der Waals surface area contributed by atoms with Crippen LogP contribution in [0.15, 0.2) is 18.2 Å². The van der Waals surface area contributed by atoms with E-state index in [2.05, 4.69) is 5.32 Å². The summed E-state index contributed by atoms with van der Waals surface area (Å²) >= 11 is 0. The van der Waals surface area contributed by atoms with E-state index < -0.39 is 0 Å². The highest BCUT2D eigenvalue weighted by atomic mass is 16.5. The van der Waals surface area contributed by atoms with Crippen molar-refractivity contribution in [2.75, 3.05) is 33.4 Å². The Bertz CT molecular complexity index is 595. The van der Waals surface area contributed by atoms with Gasteiger partial charge in [0.25, 0.3) is 5.91 Å². The maximum absolute atomic E-state index is 12.3. The first-order chi connectivity index (χ1) is 12.0. The van der Waals surface area contributed by atoms with E-state index in [4.69, 9.17) is 9.47 Å². The molecule has 0 saturated carbocycles. The fourth-order valence-electron chi connectivity index (χ4n) is 2.88. The largest absolute Gasteiger partial charge is 0.483 e. The van der Waals surface area contributed by atoms with E-state index in [0.29, 0.717) is 26.1 Å². The van der Waals surface area contributed by atoms with Gasteiger partial charge in [-0.3, -0.25) is 9.59 Å². The van der Waals surface area contributed by atoms with E-state index in [0.717, 1.165) is 29.7 Å². The van der Waals surface area contributed by atoms with E-state index in [1.807, 2.05) is 36.9 Å². The number of rotatable bonds is 7. The molecule has 0 radical (unpaired) electrons. The smallest absolute Gasteiger partial charge is 0.260 e. The molecule has 1 heterocycles. The molecule has 1 aliphatic heterocycles. The maximum Gasteiger partial charge on any atom is 0.260 e. The van der Waals surface area contributed by atoms with E-state index in [1.165, 1.54) is 0 Å². The van der Waals surface area contributed by atoms with Crippen molar-refractivity contribution in [1.29, 1.82) is 0 Å². The summed E-state index contributed by atoms with van der Waals surface area (Å²) in [5, 5.41) is 3.00. The van der Waals surface area contributed by atoms with Gasteiger partial charge in [-0.2, -0.15) is 0 Å². The van der Waals surface area contributed by atoms with Crippen LogP contribution in [-0.2, 0) is 14.3 Å². The lowest BCUT2D eigenvalue weighted by atomic mass is 10.0. The third-order valence-electron chi connectivity index (χ3n) is 4.65. The van der Waals surface area contributed by atoms with Crippen LogP contribution < -0.4 is 10.1 Å². The molecule has 138 valence electrons. The molecule has 1 aromatic carbocycles. The van der Waals surface area contributed by atoms with Crippen molar-refractivity contribution >= 4 is 11.8 Å². The quantitative estimate of drug-likeness (QED) is 0.816. The molecular weight excluding hydrogens is 320 g/mol. The number of hydrogen-bond acceptors (Lipinski definition) is 4. The molecule has 1 N–H and O–H groups in total. The molecule has 6 heteroatoms. The minimum absolute atomic E-state index is 0.00452. The number of carbonyl (C=O) groups is 2. The summed E-state index contributed by atoms with van der Waals surface area (Å²) in [4.78, 5) is 25.9. The van der Waals surface area contributed by atoms with Crippen molar-refractivity contribution in [3.63, 3.8) is 0 Å². The maximum atomic E-state index is 12.3. The second kappa shape index (κ2) is 9.42. The zero-order valence-electron chi connectivity index (χ0n) is 15.3. The Morgan fingerprint density at radius 3 is 2.64 bits per heavy atom. The lowest BCUT2D eigenvalue weighted by molar-refractivity contribution is -0.134. The van der Waals surface area contributed by atoms with Gasteiger partial charge in [0.05, 0.1) is 6.61 Å². The molecule has 0 spiro atoms. The van der Waals surface area contributed by atoms with Crippen LogP contribution in [0.4, 0.5) is 0 Å². The van der Waals surface area contributed by atoms with Crippen LogP contribution >= 0.6 is 0 Å². The van der Waals surface area contributed by atoms with E-state index in [1.54, 1.807) is 7.11 Å². The monoisotopic (exact) mass is 348 g/mol. The molecule has 1 fully saturated rings. The summed E-state index contributed by atoms with van der Waals surface area (Å²) in [5.74, 6) is 0.753. The molecule has 0 aromatic heterocycles. The molecule has 6 nitrogen and oxygen atoms in total. The molecule has 2 rings (SSSR count). The summed E-state index contributed by atoms with van der Waals surface area (Å²) in [6, 6.07) is 5.97. The fourth-order valence-corrected chi connectivity index (χ4v) is 2.88. The van der Waals surface area contributed by atoms with Gasteiger partial charge >= 0.3 is 0 Å². The highest BCUT2D eigenvalue weighted by Crippen LogP contribution is 2.20. The van der Waals surface area contributed by atoms with Crippen molar-refractivity contribution < 1.29 is 19.1 Å². The number of piperidine rings is 1. The number of nitrogens with zero attached hydrogens (tertiary/aromatic N) is 1. The van der Waals surface area contributed by atoms with Crippen LogP contribution in [0.1, 0.15) is 30.4 Å². The predicted molar refractivity (Wildman–Crippen MR) is 95.6 cm³/mol. The topological polar surface area (TPSA) is 67.9 Å². The molecule has 0 atom stereocenters. The van der Waals surface area contributed by atoms with Gasteiger partial charge in [-0.15, -0.1) is 0 Å². The third-order valence-corrected chi connectivity index (χ3v) is 4.65. The van der Waals surface area contributed by atoms with Crippen LogP contribution in [0, 0.1) is 13.8 Å². The number of hydrogen-bond donors (Lipinski definition) is 1. The predicted octanol–water partition coefficient (Wildman–Crippen LogP) is 1.83. The number of ether oxygens (including phenoxy) is 2. The fraction of sp³-hybridized carbons (Fsp3) is 0.579. The van der Waals surface area contributed by atoms with Crippen molar-refractivity contribution in [2.45, 2.75) is 39.2 Å². The van der Waals surface area contributed by atoms with Gasteiger partial charge in [-0.25, -0.2) is 0 Å². The average Bonchev–Trinajstić information content (AvgIpc) is 2.61. The molecule has 0 unspecified atom stereocenters. The second-order valence-corrected chi connectivity index (χ2v) is 6.45. The summed E-state index contributed by atoms with van der Waals surface area (Å²) in [7, 11) is 1.58. The Balaban J connectivity index is 1.74. The number of amides is 2. The van der Waals surface area contributed by atoms with Crippen molar-refractivity contribution in [3.05, 3.63) is 29.3 Å². The minimum atomic E-state index is -0.00920. The Labute approximate surface area is 149 Å². The second-order valence-electron chi connectivity index (χ2n) is 6.45. The van der Waals surface area contributed by atoms with Crippen LogP contribution in [0.25, 0.3) is 0 Å². The van der Waals surface area contributed by atoms with Crippen molar-refractivity contribution in [1.82, 2.24) is 10.2 Å². The molecule has 0 bridgehead atoms. The Morgan fingerprint density at radius 2 is 1.96 bits per heavy atom. The van der Waals surface area contributed by atoms with Gasteiger partial charge in [0.15, 0.2) is 6.61 Å². The Hall–Kier alpha value is -2.08. The zero-order valence-corrected chi connectivity index (χ0v) is 15.3. The molecule has 25 heavy (non-hydrogen) atoms. The average molecular weight is 348 g/mol. The van der Waals surface area contributed by atoms with Gasteiger partial charge in [0.2, 0.25) is 5.91 Å². The normalized spacial score (nSPS) is 15.1. The number of benzene rings is 1. The summed E-state index contributed by atoms with van der Waals surface area (Å²) in [6.07, 6.45) is 1.92. The SMILES string of the molecule is COCCC(=O)NC1CCN(C(=O)COc2cccc(C)c2C)CC1. The standard InChI is InChI=1S/C19H28N2O4/c1-14-5-4-6-17(15(14)2)25-13-19(23)21-10-7-16(8-11-21)20-18(22)9-12-24-3/h4-6,16H,7-13H2,1-3H3,(H,20,22). The molecule has 1 aliphatic rings. The van der Waals surface area contributed by atoms with Gasteiger partial charge in [-0.05, 0) is 43.9 Å². The first-order valence-corrected chi connectivity index (χ1v) is 8.76. The van der Waals surface area contributed by atoms with Gasteiger partial charge < -0.3 is 19.7 Å². The first kappa shape index (κ1) is 19.2. The molecule has 0 aliphatic carbocycles. The minimum Gasteiger partial charge on any atom is -0.483 e. The van der Waals surface area contributed by atoms with E-state index in [9.17, 15) is 9.59 Å². The lowest BCUT2D eigenvalue weighted by Gasteiger charge is -2.32. The molecule has 1 saturated heterocycles. The van der Waals surface area contributed by atoms with Crippen LogP contribution in [0.3, 0.4) is 0 Å².